The largest absolute Gasteiger partial charge is 0.309 e. The van der Waals surface area contributed by atoms with E-state index in [2.05, 4.69) is 295 Å². The van der Waals surface area contributed by atoms with Gasteiger partial charge in [-0.25, -0.2) is 0 Å². The lowest BCUT2D eigenvalue weighted by Crippen LogP contribution is -2.25. The lowest BCUT2D eigenvalue weighted by molar-refractivity contribution is 1.05. The molecule has 4 nitrogen and oxygen atoms in total. The monoisotopic (exact) mass is 1120 g/mol. The first-order valence-corrected chi connectivity index (χ1v) is 31.3. The molecule has 0 fully saturated rings. The van der Waals surface area contributed by atoms with Crippen molar-refractivity contribution in [2.24, 2.45) is 0 Å². The van der Waals surface area contributed by atoms with Gasteiger partial charge in [-0.05, 0) is 298 Å². The summed E-state index contributed by atoms with van der Waals surface area (Å²) in [6.07, 6.45) is 2.78. The van der Waals surface area contributed by atoms with E-state index in [-0.39, 0.29) is 0 Å². The summed E-state index contributed by atoms with van der Waals surface area (Å²) in [7, 11) is 0. The van der Waals surface area contributed by atoms with Gasteiger partial charge < -0.3 is 19.6 Å². The minimum Gasteiger partial charge on any atom is -0.309 e. The Morgan fingerprint density at radius 2 is 0.306 bits per heavy atom. The second-order valence-corrected chi connectivity index (χ2v) is 25.0. The van der Waals surface area contributed by atoms with Crippen LogP contribution in [0.4, 0.5) is 68.2 Å². The number of benzene rings is 9. The summed E-state index contributed by atoms with van der Waals surface area (Å²) < 4.78 is 0. The number of anilines is 12. The number of aryl methyl sites for hydroxylation is 12. The van der Waals surface area contributed by atoms with Gasteiger partial charge in [0.25, 0.3) is 0 Å². The Hall–Kier alpha value is -7.82. The lowest BCUT2D eigenvalue weighted by Gasteiger charge is -2.41. The topological polar surface area (TPSA) is 13.0 Å². The van der Waals surface area contributed by atoms with Crippen LogP contribution in [0, 0.1) is 145 Å². The van der Waals surface area contributed by atoms with Crippen LogP contribution >= 0.6 is 0 Å². The van der Waals surface area contributed by atoms with Gasteiger partial charge in [-0.3, -0.25) is 0 Å². The molecule has 9 aromatic rings. The fourth-order valence-corrected chi connectivity index (χ4v) is 14.6. The molecule has 0 atom stereocenters. The zero-order valence-corrected chi connectivity index (χ0v) is 56.3. The maximum atomic E-state index is 2.76. The molecule has 0 N–H and O–H groups in total. The van der Waals surface area contributed by atoms with Crippen molar-refractivity contribution in [1.29, 1.82) is 0 Å². The van der Waals surface area contributed by atoms with E-state index in [1.165, 1.54) is 202 Å². The molecule has 4 heteroatoms. The van der Waals surface area contributed by atoms with Gasteiger partial charge in [0.2, 0.25) is 0 Å². The molecule has 85 heavy (non-hydrogen) atoms. The van der Waals surface area contributed by atoms with Crippen molar-refractivity contribution in [3.05, 3.63) is 243 Å². The van der Waals surface area contributed by atoms with Crippen LogP contribution in [0.15, 0.2) is 109 Å². The summed E-state index contributed by atoms with van der Waals surface area (Å²) in [6.45, 7) is 56.3. The number of hydrogen-bond donors (Lipinski definition) is 0. The fraction of sp³-hybridized carbons (Fsp3) is 0.333. The Kier molecular flexibility index (Phi) is 17.6. The van der Waals surface area contributed by atoms with Crippen molar-refractivity contribution >= 4 is 68.2 Å². The Labute approximate surface area is 513 Å². The van der Waals surface area contributed by atoms with Crippen LogP contribution in [-0.4, -0.2) is 0 Å². The van der Waals surface area contributed by atoms with Crippen molar-refractivity contribution in [2.75, 3.05) is 19.6 Å². The van der Waals surface area contributed by atoms with Gasteiger partial charge in [0.05, 0.1) is 68.2 Å². The third-order valence-corrected chi connectivity index (χ3v) is 19.7. The molecule has 0 heterocycles. The molecule has 0 aliphatic rings. The van der Waals surface area contributed by atoms with Gasteiger partial charge in [0.1, 0.15) is 0 Å². The molecule has 9 rings (SSSR count). The SMILES string of the molecule is CCc1cccc(C)c1N(c1c(C)cccc1C)c1c(C)c(C)c(N(c2c(C)c(C)c(N(c3c(C)cccc3C)c3c(C)cccc3CC)c(C)c2C)c2c(C)c(C)c(N(c3c(C)cccc3C)c3c(C)cccc3CC)c(C)c2C)c(C)c1C. The number of hydrogen-bond acceptors (Lipinski definition) is 4. The molecule has 0 aliphatic carbocycles. The zero-order valence-electron chi connectivity index (χ0n) is 56.3. The molecule has 440 valence electrons. The van der Waals surface area contributed by atoms with Gasteiger partial charge >= 0.3 is 0 Å². The summed E-state index contributed by atoms with van der Waals surface area (Å²) in [5.74, 6) is 0. The summed E-state index contributed by atoms with van der Waals surface area (Å²) in [5, 5.41) is 0. The normalized spacial score (nSPS) is 11.4. The van der Waals surface area contributed by atoms with Gasteiger partial charge in [-0.1, -0.05) is 130 Å². The third-order valence-electron chi connectivity index (χ3n) is 19.7. The molecule has 0 aromatic heterocycles. The molecule has 0 amide bonds. The van der Waals surface area contributed by atoms with Crippen molar-refractivity contribution in [3.8, 4) is 0 Å². The molecular formula is C81H96N4. The quantitative estimate of drug-likeness (QED) is 0.101. The number of rotatable bonds is 15. The van der Waals surface area contributed by atoms with E-state index in [4.69, 9.17) is 0 Å². The Balaban J connectivity index is 1.46. The maximum absolute atomic E-state index is 2.76. The first kappa shape index (κ1) is 61.7. The maximum Gasteiger partial charge on any atom is 0.0527 e. The van der Waals surface area contributed by atoms with Gasteiger partial charge in [-0.2, -0.15) is 0 Å². The van der Waals surface area contributed by atoms with E-state index in [0.29, 0.717) is 0 Å². The summed E-state index contributed by atoms with van der Waals surface area (Å²) in [4.78, 5) is 10.7. The van der Waals surface area contributed by atoms with Crippen LogP contribution < -0.4 is 19.6 Å². The molecular weight excluding hydrogens is 1030 g/mol. The van der Waals surface area contributed by atoms with Gasteiger partial charge in [-0.15, -0.1) is 0 Å². The van der Waals surface area contributed by atoms with Crippen LogP contribution in [0.2, 0.25) is 0 Å². The molecule has 0 bridgehead atoms. The van der Waals surface area contributed by atoms with E-state index >= 15 is 0 Å². The smallest absolute Gasteiger partial charge is 0.0527 e. The molecule has 0 saturated heterocycles. The molecule has 0 radical (unpaired) electrons. The molecule has 0 aliphatic heterocycles. The zero-order chi connectivity index (χ0) is 61.9. The predicted octanol–water partition coefficient (Wildman–Crippen LogP) is 23.7. The summed E-state index contributed by atoms with van der Waals surface area (Å²) >= 11 is 0. The van der Waals surface area contributed by atoms with Crippen LogP contribution in [0.3, 0.4) is 0 Å². The highest BCUT2D eigenvalue weighted by atomic mass is 15.2. The fourth-order valence-electron chi connectivity index (χ4n) is 14.6. The van der Waals surface area contributed by atoms with Crippen LogP contribution in [-0.2, 0) is 19.3 Å². The molecule has 0 saturated carbocycles. The van der Waals surface area contributed by atoms with Gasteiger partial charge in [0.15, 0.2) is 0 Å². The van der Waals surface area contributed by atoms with E-state index in [0.717, 1.165) is 19.3 Å². The average Bonchev–Trinajstić information content (AvgIpc) is 0.788. The second-order valence-electron chi connectivity index (χ2n) is 25.0. The van der Waals surface area contributed by atoms with E-state index < -0.39 is 0 Å². The molecule has 0 spiro atoms. The Morgan fingerprint density at radius 3 is 0.459 bits per heavy atom. The lowest BCUT2D eigenvalue weighted by atomic mass is 9.87. The highest BCUT2D eigenvalue weighted by Crippen LogP contribution is 2.57. The van der Waals surface area contributed by atoms with Crippen LogP contribution in [0.5, 0.6) is 0 Å². The van der Waals surface area contributed by atoms with Crippen molar-refractivity contribution < 1.29 is 0 Å². The van der Waals surface area contributed by atoms with Crippen LogP contribution in [0.25, 0.3) is 0 Å². The van der Waals surface area contributed by atoms with E-state index in [1.54, 1.807) is 0 Å². The minimum absolute atomic E-state index is 0.926. The highest BCUT2D eigenvalue weighted by molar-refractivity contribution is 5.98. The average molecular weight is 1130 g/mol. The first-order valence-electron chi connectivity index (χ1n) is 31.3. The summed E-state index contributed by atoms with van der Waals surface area (Å²) in [5.41, 5.74) is 45.8. The van der Waals surface area contributed by atoms with Crippen molar-refractivity contribution in [1.82, 2.24) is 0 Å². The standard InChI is InChI=1S/C81H96N4/c1-25-67-43-31-40-52(10)73(67)82(70-46(4)34-28-35-47(70)5)76-55(13)61(19)79(62(20)56(76)14)85(80-63(21)57(15)77(58(16)64(80)22)83(71-48(6)36-29-37-49(71)7)74-53(11)41-32-44-68(74)26-2)81-65(23)59(17)78(60(18)66(81)24)84(72-50(8)38-30-39-51(72)9)75-54(12)42-33-45-69(75)27-3/h28-45H,25-27H2,1-24H3. The Morgan fingerprint density at radius 1 is 0.176 bits per heavy atom. The second kappa shape index (κ2) is 24.3. The third kappa shape index (κ3) is 10.3. The number of nitrogens with zero attached hydrogens (tertiary/aromatic N) is 4. The summed E-state index contributed by atoms with van der Waals surface area (Å²) in [6, 6.07) is 40.9. The van der Waals surface area contributed by atoms with Crippen molar-refractivity contribution in [3.63, 3.8) is 0 Å². The van der Waals surface area contributed by atoms with Gasteiger partial charge in [0, 0.05) is 0 Å². The first-order chi connectivity index (χ1) is 40.4. The van der Waals surface area contributed by atoms with Crippen molar-refractivity contribution in [2.45, 2.75) is 185 Å². The minimum atomic E-state index is 0.926. The molecule has 9 aromatic carbocycles. The van der Waals surface area contributed by atoms with E-state index in [1.807, 2.05) is 0 Å². The number of para-hydroxylation sites is 6. The highest BCUT2D eigenvalue weighted by Gasteiger charge is 2.36. The predicted molar refractivity (Wildman–Crippen MR) is 373 cm³/mol. The Bertz CT molecular complexity index is 3540. The molecule has 0 unspecified atom stereocenters. The van der Waals surface area contributed by atoms with Crippen LogP contribution in [0.1, 0.15) is 154 Å². The van der Waals surface area contributed by atoms with E-state index in [9.17, 15) is 0 Å².